The molecule has 0 radical (unpaired) electrons. The van der Waals surface area contributed by atoms with Crippen LogP contribution in [0.2, 0.25) is 0 Å². The zero-order chi connectivity index (χ0) is 21.1. The first-order valence-corrected chi connectivity index (χ1v) is 12.5. The van der Waals surface area contributed by atoms with E-state index in [0.717, 1.165) is 16.6 Å². The Morgan fingerprint density at radius 1 is 1.20 bits per heavy atom. The molecule has 0 saturated carbocycles. The predicted molar refractivity (Wildman–Crippen MR) is 129 cm³/mol. The van der Waals surface area contributed by atoms with Crippen molar-refractivity contribution in [1.29, 1.82) is 0 Å². The summed E-state index contributed by atoms with van der Waals surface area (Å²) >= 11 is 5.09. The molecular weight excluding hydrogens is 456 g/mol. The number of carbonyl (C=O) groups is 1. The van der Waals surface area contributed by atoms with Crippen molar-refractivity contribution in [2.24, 2.45) is 0 Å². The number of halogens is 1. The van der Waals surface area contributed by atoms with E-state index in [4.69, 9.17) is 0 Å². The smallest absolute Gasteiger partial charge is 0.237 e. The Morgan fingerprint density at radius 2 is 2.00 bits per heavy atom. The lowest BCUT2D eigenvalue weighted by Gasteiger charge is -2.21. The number of hydrogen-bond acceptors (Lipinski definition) is 2. The normalized spacial score (nSPS) is 15.4. The molecule has 1 unspecified atom stereocenters. The van der Waals surface area contributed by atoms with Crippen LogP contribution in [0.15, 0.2) is 64.1 Å². The molecule has 3 aromatic rings. The second-order valence-corrected chi connectivity index (χ2v) is 9.89. The average molecular weight is 484 g/mol. The third-order valence-corrected chi connectivity index (χ3v) is 7.59. The van der Waals surface area contributed by atoms with Crippen molar-refractivity contribution in [2.45, 2.75) is 50.0 Å². The van der Waals surface area contributed by atoms with Crippen LogP contribution in [0.3, 0.4) is 0 Å². The van der Waals surface area contributed by atoms with Gasteiger partial charge in [0.15, 0.2) is 12.2 Å². The van der Waals surface area contributed by atoms with Crippen LogP contribution in [0.1, 0.15) is 44.2 Å². The van der Waals surface area contributed by atoms with Gasteiger partial charge in [-0.2, -0.15) is 4.57 Å². The van der Waals surface area contributed by atoms with E-state index >= 15 is 0 Å². The molecule has 0 N–H and O–H groups in total. The van der Waals surface area contributed by atoms with Crippen LogP contribution in [-0.4, -0.2) is 18.7 Å². The third kappa shape index (κ3) is 4.42. The fraction of sp³-hybridized carbons (Fsp3) is 0.360. The molecule has 1 atom stereocenters. The minimum atomic E-state index is 0.108. The van der Waals surface area contributed by atoms with Crippen molar-refractivity contribution < 1.29 is 9.36 Å². The van der Waals surface area contributed by atoms with Crippen molar-refractivity contribution in [3.05, 3.63) is 64.8 Å². The van der Waals surface area contributed by atoms with Crippen LogP contribution < -0.4 is 9.47 Å². The molecule has 0 aliphatic carbocycles. The van der Waals surface area contributed by atoms with Crippen molar-refractivity contribution >= 4 is 50.2 Å². The summed E-state index contributed by atoms with van der Waals surface area (Å²) < 4.78 is 3.50. The van der Waals surface area contributed by atoms with Gasteiger partial charge in [0.25, 0.3) is 0 Å². The number of unbranched alkanes of at least 4 members (excludes halogenated alkanes) is 1. The molecule has 0 bridgehead atoms. The zero-order valence-electron chi connectivity index (χ0n) is 17.6. The van der Waals surface area contributed by atoms with Gasteiger partial charge >= 0.3 is 0 Å². The number of anilines is 1. The summed E-state index contributed by atoms with van der Waals surface area (Å²) in [6.07, 6.45) is 8.37. The Morgan fingerprint density at radius 3 is 2.77 bits per heavy atom. The van der Waals surface area contributed by atoms with Crippen LogP contribution in [0.5, 0.6) is 0 Å². The van der Waals surface area contributed by atoms with E-state index in [1.54, 1.807) is 16.7 Å². The second kappa shape index (κ2) is 9.52. The lowest BCUT2D eigenvalue weighted by Crippen LogP contribution is -2.43. The minimum absolute atomic E-state index is 0.108. The average Bonchev–Trinajstić information content (AvgIpc) is 2.78. The highest BCUT2D eigenvalue weighted by Gasteiger charge is 2.29. The van der Waals surface area contributed by atoms with Crippen molar-refractivity contribution in [3.8, 4) is 0 Å². The van der Waals surface area contributed by atoms with Crippen LogP contribution >= 0.6 is 27.7 Å². The summed E-state index contributed by atoms with van der Waals surface area (Å²) in [6.45, 7) is 2.26. The zero-order valence-corrected chi connectivity index (χ0v) is 20.0. The highest BCUT2D eigenvalue weighted by Crippen LogP contribution is 2.33. The van der Waals surface area contributed by atoms with E-state index in [1.165, 1.54) is 47.0 Å². The SMILES string of the molecule is CCCCC1CCc2cccc3c(SCC(=O)N(C)c4ccc(Br)cc4)cc[n+]1c23. The Balaban J connectivity index is 1.55. The van der Waals surface area contributed by atoms with Gasteiger partial charge in [0.05, 0.1) is 11.1 Å². The van der Waals surface area contributed by atoms with E-state index < -0.39 is 0 Å². The van der Waals surface area contributed by atoms with Gasteiger partial charge in [-0.15, -0.1) is 11.8 Å². The quantitative estimate of drug-likeness (QED) is 0.289. The monoisotopic (exact) mass is 483 g/mol. The van der Waals surface area contributed by atoms with Crippen LogP contribution in [-0.2, 0) is 11.2 Å². The molecule has 1 amide bonds. The molecule has 0 fully saturated rings. The van der Waals surface area contributed by atoms with Gasteiger partial charge in [0.1, 0.15) is 0 Å². The van der Waals surface area contributed by atoms with E-state index in [-0.39, 0.29) is 5.91 Å². The molecule has 5 heteroatoms. The van der Waals surface area contributed by atoms with E-state index in [9.17, 15) is 4.79 Å². The Hall–Kier alpha value is -1.85. The van der Waals surface area contributed by atoms with Crippen LogP contribution in [0.4, 0.5) is 5.69 Å². The molecule has 30 heavy (non-hydrogen) atoms. The number of nitrogens with zero attached hydrogens (tertiary/aromatic N) is 2. The van der Waals surface area contributed by atoms with Gasteiger partial charge in [0, 0.05) is 46.6 Å². The molecule has 2 heterocycles. The summed E-state index contributed by atoms with van der Waals surface area (Å²) in [5, 5.41) is 1.28. The first-order chi connectivity index (χ1) is 14.6. The third-order valence-electron chi connectivity index (χ3n) is 6.00. The maximum absolute atomic E-state index is 12.8. The topological polar surface area (TPSA) is 24.2 Å². The number of aryl methyl sites for hydroxylation is 1. The number of benzene rings is 2. The van der Waals surface area contributed by atoms with Gasteiger partial charge in [-0.1, -0.05) is 41.4 Å². The Labute approximate surface area is 191 Å². The molecule has 4 rings (SSSR count). The predicted octanol–water partition coefficient (Wildman–Crippen LogP) is 6.32. The van der Waals surface area contributed by atoms with Crippen molar-refractivity contribution in [1.82, 2.24) is 0 Å². The molecule has 1 aromatic heterocycles. The lowest BCUT2D eigenvalue weighted by atomic mass is 9.94. The molecule has 156 valence electrons. The Kier molecular flexibility index (Phi) is 6.79. The maximum atomic E-state index is 12.8. The molecule has 2 aromatic carbocycles. The summed E-state index contributed by atoms with van der Waals surface area (Å²) in [4.78, 5) is 15.7. The molecule has 0 saturated heterocycles. The number of rotatable bonds is 7. The summed E-state index contributed by atoms with van der Waals surface area (Å²) in [7, 11) is 1.85. The number of pyridine rings is 1. The summed E-state index contributed by atoms with van der Waals surface area (Å²) in [6, 6.07) is 17.3. The fourth-order valence-electron chi connectivity index (χ4n) is 4.27. The summed E-state index contributed by atoms with van der Waals surface area (Å²) in [5.74, 6) is 0.533. The number of thioether (sulfide) groups is 1. The number of para-hydroxylation sites is 1. The molecule has 0 spiro atoms. The maximum Gasteiger partial charge on any atom is 0.237 e. The van der Waals surface area contributed by atoms with Gasteiger partial charge in [-0.3, -0.25) is 4.79 Å². The van der Waals surface area contributed by atoms with Gasteiger partial charge < -0.3 is 4.90 Å². The summed E-state index contributed by atoms with van der Waals surface area (Å²) in [5.41, 5.74) is 3.71. The number of aromatic nitrogens is 1. The highest BCUT2D eigenvalue weighted by molar-refractivity contribution is 9.10. The molecule has 3 nitrogen and oxygen atoms in total. The largest absolute Gasteiger partial charge is 0.315 e. The number of amides is 1. The van der Waals surface area contributed by atoms with Gasteiger partial charge in [0.2, 0.25) is 11.4 Å². The fourth-order valence-corrected chi connectivity index (χ4v) is 5.48. The standard InChI is InChI=1S/C25H28BrN2OS/c1-3-4-7-21-12-9-18-6-5-8-22-23(15-16-28(21)25(18)22)30-17-24(29)27(2)20-13-10-19(26)11-14-20/h5-6,8,10-11,13-16,21H,3-4,7,9,12,17H2,1-2H3/q+1. The minimum Gasteiger partial charge on any atom is -0.315 e. The van der Waals surface area contributed by atoms with Crippen LogP contribution in [0, 0.1) is 0 Å². The Bertz CT molecular complexity index is 1050. The van der Waals surface area contributed by atoms with Crippen molar-refractivity contribution in [2.75, 3.05) is 17.7 Å². The van der Waals surface area contributed by atoms with Gasteiger partial charge in [-0.05, 0) is 43.2 Å². The van der Waals surface area contributed by atoms with E-state index in [0.29, 0.717) is 11.8 Å². The van der Waals surface area contributed by atoms with Crippen LogP contribution in [0.25, 0.3) is 10.9 Å². The van der Waals surface area contributed by atoms with Crippen molar-refractivity contribution in [3.63, 3.8) is 0 Å². The highest BCUT2D eigenvalue weighted by atomic mass is 79.9. The van der Waals surface area contributed by atoms with E-state index in [1.807, 2.05) is 31.3 Å². The van der Waals surface area contributed by atoms with Gasteiger partial charge in [-0.25, -0.2) is 0 Å². The second-order valence-electron chi connectivity index (χ2n) is 7.95. The molecular formula is C25H28BrN2OS+. The first-order valence-electron chi connectivity index (χ1n) is 10.7. The lowest BCUT2D eigenvalue weighted by molar-refractivity contribution is -0.703. The molecule has 1 aliphatic rings. The molecule has 1 aliphatic heterocycles. The number of carbonyl (C=O) groups excluding carboxylic acids is 1. The van der Waals surface area contributed by atoms with E-state index in [2.05, 4.69) is 57.9 Å². The number of hydrogen-bond donors (Lipinski definition) is 0. The first kappa shape index (κ1) is 21.4.